The van der Waals surface area contributed by atoms with Gasteiger partial charge in [0.05, 0.1) is 11.6 Å². The quantitative estimate of drug-likeness (QED) is 0.628. The minimum atomic E-state index is 0.433. The van der Waals surface area contributed by atoms with Crippen LogP contribution in [0.1, 0.15) is 11.3 Å². The van der Waals surface area contributed by atoms with Crippen LogP contribution in [0.4, 0.5) is 0 Å². The number of hydrogen-bond acceptors (Lipinski definition) is 2. The second kappa shape index (κ2) is 2.75. The Kier molecular flexibility index (Phi) is 1.73. The van der Waals surface area contributed by atoms with Crippen LogP contribution in [0, 0.1) is 6.92 Å². The van der Waals surface area contributed by atoms with Crippen molar-refractivity contribution in [2.75, 3.05) is 0 Å². The molecule has 0 spiro atoms. The van der Waals surface area contributed by atoms with E-state index in [1.807, 2.05) is 23.7 Å². The Labute approximate surface area is 75.0 Å². The number of halogens is 1. The van der Waals surface area contributed by atoms with Gasteiger partial charge in [0.2, 0.25) is 5.78 Å². The number of rotatable bonds is 1. The van der Waals surface area contributed by atoms with E-state index < -0.39 is 0 Å². The molecule has 2 aromatic rings. The first-order valence-corrected chi connectivity index (χ1v) is 4.19. The molecule has 62 valence electrons. The summed E-state index contributed by atoms with van der Waals surface area (Å²) in [5.74, 6) is 1.14. The van der Waals surface area contributed by atoms with Crippen molar-refractivity contribution in [3.05, 3.63) is 29.8 Å². The van der Waals surface area contributed by atoms with E-state index in [9.17, 15) is 0 Å². The molecule has 0 unspecified atom stereocenters. The van der Waals surface area contributed by atoms with Gasteiger partial charge in [-0.25, -0.2) is 9.97 Å². The van der Waals surface area contributed by atoms with Gasteiger partial charge in [0, 0.05) is 18.6 Å². The summed E-state index contributed by atoms with van der Waals surface area (Å²) >= 11 is 5.63. The van der Waals surface area contributed by atoms with E-state index >= 15 is 0 Å². The van der Waals surface area contributed by atoms with Gasteiger partial charge in [-0.1, -0.05) is 0 Å². The number of aryl methyl sites for hydroxylation is 1. The standard InChI is InChI=1S/C8H8ClN3/c1-6-3-10-8-11-7(2-9)5-12(8)4-6/h3-5H,2H2,1H3. The van der Waals surface area contributed by atoms with Crippen molar-refractivity contribution in [2.45, 2.75) is 12.8 Å². The molecule has 0 aliphatic carbocycles. The first-order valence-electron chi connectivity index (χ1n) is 3.66. The van der Waals surface area contributed by atoms with Crippen molar-refractivity contribution < 1.29 is 0 Å². The first kappa shape index (κ1) is 7.55. The molecule has 0 atom stereocenters. The largest absolute Gasteiger partial charge is 0.291 e. The van der Waals surface area contributed by atoms with Crippen LogP contribution in [-0.4, -0.2) is 14.4 Å². The fourth-order valence-corrected chi connectivity index (χ4v) is 1.23. The van der Waals surface area contributed by atoms with Gasteiger partial charge in [-0.3, -0.25) is 4.40 Å². The molecule has 0 N–H and O–H groups in total. The van der Waals surface area contributed by atoms with Crippen LogP contribution >= 0.6 is 11.6 Å². The van der Waals surface area contributed by atoms with Crippen LogP contribution in [0.25, 0.3) is 5.78 Å². The van der Waals surface area contributed by atoms with Gasteiger partial charge in [0.25, 0.3) is 0 Å². The second-order valence-corrected chi connectivity index (χ2v) is 2.97. The Balaban J connectivity index is 2.67. The highest BCUT2D eigenvalue weighted by Crippen LogP contribution is 2.05. The maximum absolute atomic E-state index is 5.63. The Morgan fingerprint density at radius 1 is 1.50 bits per heavy atom. The summed E-state index contributed by atoms with van der Waals surface area (Å²) in [7, 11) is 0. The highest BCUT2D eigenvalue weighted by Gasteiger charge is 1.99. The van der Waals surface area contributed by atoms with E-state index in [1.165, 1.54) is 0 Å². The Hall–Kier alpha value is -1.09. The molecule has 0 radical (unpaired) electrons. The lowest BCUT2D eigenvalue weighted by Crippen LogP contribution is -1.87. The minimum Gasteiger partial charge on any atom is -0.291 e. The predicted molar refractivity (Wildman–Crippen MR) is 47.3 cm³/mol. The summed E-state index contributed by atoms with van der Waals surface area (Å²) in [6, 6.07) is 0. The second-order valence-electron chi connectivity index (χ2n) is 2.70. The first-order chi connectivity index (χ1) is 5.79. The number of aromatic nitrogens is 3. The molecule has 0 aromatic carbocycles. The number of nitrogens with zero attached hydrogens (tertiary/aromatic N) is 3. The van der Waals surface area contributed by atoms with Gasteiger partial charge in [0.15, 0.2) is 0 Å². The molecule has 12 heavy (non-hydrogen) atoms. The molecule has 2 aromatic heterocycles. The van der Waals surface area contributed by atoms with E-state index in [1.54, 1.807) is 6.20 Å². The third-order valence-electron chi connectivity index (χ3n) is 1.63. The van der Waals surface area contributed by atoms with Crippen LogP contribution < -0.4 is 0 Å². The fourth-order valence-electron chi connectivity index (χ4n) is 1.10. The molecule has 0 aliphatic heterocycles. The van der Waals surface area contributed by atoms with Crippen LogP contribution in [0.15, 0.2) is 18.6 Å². The van der Waals surface area contributed by atoms with Crippen LogP contribution in [0.5, 0.6) is 0 Å². The van der Waals surface area contributed by atoms with Gasteiger partial charge in [-0.2, -0.15) is 0 Å². The van der Waals surface area contributed by atoms with Gasteiger partial charge >= 0.3 is 0 Å². The van der Waals surface area contributed by atoms with Crippen molar-refractivity contribution in [1.29, 1.82) is 0 Å². The summed E-state index contributed by atoms with van der Waals surface area (Å²) in [4.78, 5) is 8.33. The van der Waals surface area contributed by atoms with Crippen molar-refractivity contribution >= 4 is 17.4 Å². The van der Waals surface area contributed by atoms with Gasteiger partial charge < -0.3 is 0 Å². The lowest BCUT2D eigenvalue weighted by Gasteiger charge is -1.91. The molecule has 0 bridgehead atoms. The van der Waals surface area contributed by atoms with E-state index in [0.717, 1.165) is 11.3 Å². The van der Waals surface area contributed by atoms with Crippen molar-refractivity contribution in [2.24, 2.45) is 0 Å². The lowest BCUT2D eigenvalue weighted by atomic mass is 10.4. The minimum absolute atomic E-state index is 0.433. The summed E-state index contributed by atoms with van der Waals surface area (Å²) in [6.07, 6.45) is 5.66. The van der Waals surface area contributed by atoms with Crippen LogP contribution in [0.2, 0.25) is 0 Å². The molecular weight excluding hydrogens is 174 g/mol. The zero-order valence-corrected chi connectivity index (χ0v) is 7.41. The normalized spacial score (nSPS) is 10.8. The van der Waals surface area contributed by atoms with Gasteiger partial charge in [-0.05, 0) is 12.5 Å². The highest BCUT2D eigenvalue weighted by molar-refractivity contribution is 6.16. The van der Waals surface area contributed by atoms with Crippen molar-refractivity contribution in [3.8, 4) is 0 Å². The van der Waals surface area contributed by atoms with Gasteiger partial charge in [0.1, 0.15) is 0 Å². The molecule has 0 fully saturated rings. The molecular formula is C8H8ClN3. The third kappa shape index (κ3) is 1.16. The van der Waals surface area contributed by atoms with E-state index in [2.05, 4.69) is 9.97 Å². The number of fused-ring (bicyclic) bond motifs is 1. The van der Waals surface area contributed by atoms with Crippen LogP contribution in [0.3, 0.4) is 0 Å². The molecule has 0 aliphatic rings. The lowest BCUT2D eigenvalue weighted by molar-refractivity contribution is 1.08. The smallest absolute Gasteiger partial charge is 0.233 e. The summed E-state index contributed by atoms with van der Waals surface area (Å²) in [5.41, 5.74) is 1.97. The molecule has 2 heterocycles. The van der Waals surface area contributed by atoms with Gasteiger partial charge in [-0.15, -0.1) is 11.6 Å². The van der Waals surface area contributed by atoms with Crippen molar-refractivity contribution in [1.82, 2.24) is 14.4 Å². The van der Waals surface area contributed by atoms with Crippen LogP contribution in [-0.2, 0) is 5.88 Å². The zero-order valence-electron chi connectivity index (χ0n) is 6.66. The van der Waals surface area contributed by atoms with E-state index in [4.69, 9.17) is 11.6 Å². The fraction of sp³-hybridized carbons (Fsp3) is 0.250. The third-order valence-corrected chi connectivity index (χ3v) is 1.90. The Bertz CT molecular complexity index is 408. The number of alkyl halides is 1. The SMILES string of the molecule is Cc1cnc2nc(CCl)cn2c1. The average Bonchev–Trinajstić information content (AvgIpc) is 2.46. The summed E-state index contributed by atoms with van der Waals surface area (Å²) < 4.78 is 1.88. The summed E-state index contributed by atoms with van der Waals surface area (Å²) in [6.45, 7) is 1.99. The molecule has 0 saturated carbocycles. The Morgan fingerprint density at radius 2 is 2.33 bits per heavy atom. The molecule has 2 rings (SSSR count). The highest BCUT2D eigenvalue weighted by atomic mass is 35.5. The predicted octanol–water partition coefficient (Wildman–Crippen LogP) is 1.78. The molecule has 4 heteroatoms. The number of imidazole rings is 1. The maximum Gasteiger partial charge on any atom is 0.233 e. The topological polar surface area (TPSA) is 30.2 Å². The molecule has 3 nitrogen and oxygen atoms in total. The van der Waals surface area contributed by atoms with E-state index in [0.29, 0.717) is 11.7 Å². The average molecular weight is 182 g/mol. The maximum atomic E-state index is 5.63. The zero-order chi connectivity index (χ0) is 8.55. The molecule has 0 amide bonds. The van der Waals surface area contributed by atoms with Crippen molar-refractivity contribution in [3.63, 3.8) is 0 Å². The Morgan fingerprint density at radius 3 is 3.08 bits per heavy atom. The molecule has 0 saturated heterocycles. The summed E-state index contributed by atoms with van der Waals surface area (Å²) in [5, 5.41) is 0. The van der Waals surface area contributed by atoms with E-state index in [-0.39, 0.29) is 0 Å². The number of hydrogen-bond donors (Lipinski definition) is 0. The monoisotopic (exact) mass is 181 g/mol.